The minimum absolute atomic E-state index is 0.0663. The molecule has 4 heteroatoms. The number of nitrogens with one attached hydrogen (secondary N) is 1. The van der Waals surface area contributed by atoms with E-state index in [4.69, 9.17) is 10.2 Å². The van der Waals surface area contributed by atoms with Gasteiger partial charge in [0.15, 0.2) is 0 Å². The highest BCUT2D eigenvalue weighted by Gasteiger charge is 2.15. The maximum atomic E-state index is 11.1. The van der Waals surface area contributed by atoms with Gasteiger partial charge in [0.05, 0.1) is 25.2 Å². The first-order valence-electron chi connectivity index (χ1n) is 4.55. The summed E-state index contributed by atoms with van der Waals surface area (Å²) in [5.74, 6) is -0.0225. The number of hydrogen-bond acceptors (Lipinski definition) is 3. The lowest BCUT2D eigenvalue weighted by Gasteiger charge is -2.20. The van der Waals surface area contributed by atoms with Crippen LogP contribution < -0.4 is 5.32 Å². The molecule has 0 saturated carbocycles. The van der Waals surface area contributed by atoms with Crippen LogP contribution in [0, 0.1) is 5.92 Å². The topological polar surface area (TPSA) is 69.6 Å². The zero-order valence-corrected chi connectivity index (χ0v) is 8.45. The van der Waals surface area contributed by atoms with Crippen molar-refractivity contribution in [2.45, 2.75) is 39.3 Å². The normalized spacial score (nSPS) is 15.5. The number of hydrogen-bond donors (Lipinski definition) is 3. The van der Waals surface area contributed by atoms with Gasteiger partial charge in [-0.25, -0.2) is 0 Å². The molecule has 0 radical (unpaired) electrons. The number of carbonyl (C=O) groups is 1. The van der Waals surface area contributed by atoms with Gasteiger partial charge in [-0.05, 0) is 12.8 Å². The monoisotopic (exact) mass is 189 g/mol. The summed E-state index contributed by atoms with van der Waals surface area (Å²) in [6.45, 7) is 5.33. The van der Waals surface area contributed by atoms with Crippen molar-refractivity contribution >= 4 is 5.91 Å². The number of carbonyl (C=O) groups excluding carboxylic acids is 1. The SMILES string of the molecule is CC(C)[C@@H](CO)NC(=O)C[C@H](C)O. The zero-order chi connectivity index (χ0) is 10.4. The summed E-state index contributed by atoms with van der Waals surface area (Å²) in [6, 6.07) is -0.216. The van der Waals surface area contributed by atoms with Crippen molar-refractivity contribution in [1.82, 2.24) is 5.32 Å². The lowest BCUT2D eigenvalue weighted by molar-refractivity contribution is -0.124. The number of rotatable bonds is 5. The minimum Gasteiger partial charge on any atom is -0.394 e. The third kappa shape index (κ3) is 5.60. The van der Waals surface area contributed by atoms with Gasteiger partial charge in [-0.15, -0.1) is 0 Å². The van der Waals surface area contributed by atoms with Crippen molar-refractivity contribution in [2.24, 2.45) is 5.92 Å². The molecule has 4 nitrogen and oxygen atoms in total. The van der Waals surface area contributed by atoms with E-state index >= 15 is 0 Å². The lowest BCUT2D eigenvalue weighted by atomic mass is 10.1. The van der Waals surface area contributed by atoms with Crippen molar-refractivity contribution in [2.75, 3.05) is 6.61 Å². The highest BCUT2D eigenvalue weighted by molar-refractivity contribution is 5.76. The molecule has 0 fully saturated rings. The molecule has 13 heavy (non-hydrogen) atoms. The van der Waals surface area contributed by atoms with E-state index in [2.05, 4.69) is 5.32 Å². The quantitative estimate of drug-likeness (QED) is 0.565. The summed E-state index contributed by atoms with van der Waals surface area (Å²) in [5.41, 5.74) is 0. The molecule has 0 spiro atoms. The van der Waals surface area contributed by atoms with Crippen LogP contribution in [0.15, 0.2) is 0 Å². The number of aliphatic hydroxyl groups excluding tert-OH is 2. The molecular formula is C9H19NO3. The van der Waals surface area contributed by atoms with E-state index in [9.17, 15) is 4.79 Å². The highest BCUT2D eigenvalue weighted by Crippen LogP contribution is 2.01. The molecular weight excluding hydrogens is 170 g/mol. The van der Waals surface area contributed by atoms with Crippen LogP contribution in [-0.4, -0.2) is 34.9 Å². The standard InChI is InChI=1S/C9H19NO3/c1-6(2)8(5-11)10-9(13)4-7(3)12/h6-8,11-12H,4-5H2,1-3H3,(H,10,13)/t7-,8+/m0/s1. The summed E-state index contributed by atoms with van der Waals surface area (Å²) >= 11 is 0. The molecule has 0 unspecified atom stereocenters. The third-order valence-corrected chi connectivity index (χ3v) is 1.83. The Morgan fingerprint density at radius 2 is 1.92 bits per heavy atom. The van der Waals surface area contributed by atoms with Gasteiger partial charge >= 0.3 is 0 Å². The van der Waals surface area contributed by atoms with E-state index in [1.165, 1.54) is 0 Å². The maximum Gasteiger partial charge on any atom is 0.222 e. The second-order valence-corrected chi connectivity index (χ2v) is 3.65. The lowest BCUT2D eigenvalue weighted by Crippen LogP contribution is -2.41. The van der Waals surface area contributed by atoms with Crippen LogP contribution in [0.5, 0.6) is 0 Å². The Balaban J connectivity index is 3.87. The van der Waals surface area contributed by atoms with E-state index in [1.54, 1.807) is 6.92 Å². The van der Waals surface area contributed by atoms with Gasteiger partial charge in [-0.3, -0.25) is 4.79 Å². The third-order valence-electron chi connectivity index (χ3n) is 1.83. The molecule has 2 atom stereocenters. The molecule has 0 aromatic heterocycles. The second kappa shape index (κ2) is 5.94. The second-order valence-electron chi connectivity index (χ2n) is 3.65. The summed E-state index contributed by atoms with van der Waals surface area (Å²) < 4.78 is 0. The molecule has 0 aliphatic carbocycles. The molecule has 0 saturated heterocycles. The molecule has 78 valence electrons. The molecule has 1 amide bonds. The summed E-state index contributed by atoms with van der Waals surface area (Å²) in [5, 5.41) is 20.5. The van der Waals surface area contributed by atoms with Crippen LogP contribution in [0.1, 0.15) is 27.2 Å². The first-order chi connectivity index (χ1) is 5.97. The summed E-state index contributed by atoms with van der Waals surface area (Å²) in [4.78, 5) is 11.1. The molecule has 0 aromatic rings. The van der Waals surface area contributed by atoms with E-state index in [0.717, 1.165) is 0 Å². The predicted molar refractivity (Wildman–Crippen MR) is 50.2 cm³/mol. The Labute approximate surface area is 79.0 Å². The Bertz CT molecular complexity index is 157. The average molecular weight is 189 g/mol. The average Bonchev–Trinajstić information content (AvgIpc) is 1.98. The van der Waals surface area contributed by atoms with Crippen LogP contribution in [0.25, 0.3) is 0 Å². The molecule has 0 rings (SSSR count). The largest absolute Gasteiger partial charge is 0.394 e. The molecule has 0 aliphatic rings. The van der Waals surface area contributed by atoms with Crippen molar-refractivity contribution in [3.63, 3.8) is 0 Å². The first kappa shape index (κ1) is 12.4. The fourth-order valence-corrected chi connectivity index (χ4v) is 0.957. The summed E-state index contributed by atoms with van der Waals surface area (Å²) in [6.07, 6.45) is -0.546. The Hall–Kier alpha value is -0.610. The fraction of sp³-hybridized carbons (Fsp3) is 0.889. The first-order valence-corrected chi connectivity index (χ1v) is 4.55. The Morgan fingerprint density at radius 3 is 2.23 bits per heavy atom. The van der Waals surface area contributed by atoms with Crippen LogP contribution in [0.4, 0.5) is 0 Å². The minimum atomic E-state index is -0.633. The van der Waals surface area contributed by atoms with Crippen molar-refractivity contribution < 1.29 is 15.0 Å². The molecule has 0 heterocycles. The fourth-order valence-electron chi connectivity index (χ4n) is 0.957. The molecule has 0 aromatic carbocycles. The van der Waals surface area contributed by atoms with Gasteiger partial charge < -0.3 is 15.5 Å². The van der Waals surface area contributed by atoms with Gasteiger partial charge in [0.1, 0.15) is 0 Å². The van der Waals surface area contributed by atoms with Crippen molar-refractivity contribution in [1.29, 1.82) is 0 Å². The van der Waals surface area contributed by atoms with Crippen molar-refractivity contribution in [3.8, 4) is 0 Å². The van der Waals surface area contributed by atoms with E-state index in [-0.39, 0.29) is 30.9 Å². The van der Waals surface area contributed by atoms with Crippen LogP contribution in [-0.2, 0) is 4.79 Å². The Morgan fingerprint density at radius 1 is 1.38 bits per heavy atom. The van der Waals surface area contributed by atoms with E-state index in [0.29, 0.717) is 0 Å². The number of aliphatic hydroxyl groups is 2. The van der Waals surface area contributed by atoms with Gasteiger partial charge in [-0.2, -0.15) is 0 Å². The van der Waals surface area contributed by atoms with Gasteiger partial charge in [-0.1, -0.05) is 13.8 Å². The smallest absolute Gasteiger partial charge is 0.222 e. The maximum absolute atomic E-state index is 11.1. The van der Waals surface area contributed by atoms with E-state index < -0.39 is 6.10 Å². The highest BCUT2D eigenvalue weighted by atomic mass is 16.3. The predicted octanol–water partition coefficient (Wildman–Crippen LogP) is -0.110. The van der Waals surface area contributed by atoms with Gasteiger partial charge in [0, 0.05) is 0 Å². The van der Waals surface area contributed by atoms with Gasteiger partial charge in [0.25, 0.3) is 0 Å². The molecule has 0 aliphatic heterocycles. The molecule has 0 bridgehead atoms. The number of amides is 1. The van der Waals surface area contributed by atoms with Gasteiger partial charge in [0.2, 0.25) is 5.91 Å². The summed E-state index contributed by atoms with van der Waals surface area (Å²) in [7, 11) is 0. The molecule has 3 N–H and O–H groups in total. The van der Waals surface area contributed by atoms with Crippen LogP contribution in [0.3, 0.4) is 0 Å². The van der Waals surface area contributed by atoms with Crippen molar-refractivity contribution in [3.05, 3.63) is 0 Å². The van der Waals surface area contributed by atoms with E-state index in [1.807, 2.05) is 13.8 Å². The van der Waals surface area contributed by atoms with Crippen LogP contribution >= 0.6 is 0 Å². The van der Waals surface area contributed by atoms with Crippen LogP contribution in [0.2, 0.25) is 0 Å². The zero-order valence-electron chi connectivity index (χ0n) is 8.45. The Kier molecular flexibility index (Phi) is 5.66.